The van der Waals surface area contributed by atoms with Crippen LogP contribution >= 0.6 is 11.6 Å². The van der Waals surface area contributed by atoms with E-state index in [0.717, 1.165) is 0 Å². The van der Waals surface area contributed by atoms with E-state index < -0.39 is 18.8 Å². The first-order chi connectivity index (χ1) is 10.2. The Morgan fingerprint density at radius 2 is 2.00 bits per heavy atom. The van der Waals surface area contributed by atoms with Crippen LogP contribution in [0.1, 0.15) is 0 Å². The molecule has 2 heterocycles. The Bertz CT molecular complexity index is 681. The van der Waals surface area contributed by atoms with Gasteiger partial charge in [0.05, 0.1) is 12.7 Å². The molecular weight excluding hydrogens is 325 g/mol. The molecule has 0 saturated heterocycles. The third-order valence-electron chi connectivity index (χ3n) is 2.65. The Morgan fingerprint density at radius 1 is 1.32 bits per heavy atom. The summed E-state index contributed by atoms with van der Waals surface area (Å²) in [6.45, 7) is -0.763. The van der Waals surface area contributed by atoms with Gasteiger partial charge in [0.2, 0.25) is 11.2 Å². The van der Waals surface area contributed by atoms with E-state index in [-0.39, 0.29) is 11.2 Å². The molecule has 0 bridgehead atoms. The van der Waals surface area contributed by atoms with Gasteiger partial charge in [-0.3, -0.25) is 0 Å². The van der Waals surface area contributed by atoms with Gasteiger partial charge in [0.1, 0.15) is 11.0 Å². The molecule has 0 aliphatic carbocycles. The first-order valence-electron chi connectivity index (χ1n) is 6.04. The largest absolute Gasteiger partial charge is 0.416 e. The van der Waals surface area contributed by atoms with Crippen LogP contribution in [0.4, 0.5) is 24.9 Å². The van der Waals surface area contributed by atoms with Crippen LogP contribution in [0, 0.1) is 0 Å². The number of halogens is 4. The quantitative estimate of drug-likeness (QED) is 0.818. The second-order valence-corrected chi connectivity index (χ2v) is 4.91. The van der Waals surface area contributed by atoms with Crippen LogP contribution in [0.15, 0.2) is 6.20 Å². The van der Waals surface area contributed by atoms with Crippen molar-refractivity contribution >= 4 is 34.4 Å². The van der Waals surface area contributed by atoms with Crippen LogP contribution in [-0.4, -0.2) is 58.0 Å². The number of fused-ring (bicyclic) bond motifs is 1. The molecule has 0 saturated carbocycles. The van der Waals surface area contributed by atoms with Gasteiger partial charge in [0.25, 0.3) is 0 Å². The topological polar surface area (TPSA) is 87.1 Å². The molecule has 1 unspecified atom stereocenters. The Labute approximate surface area is 128 Å². The fourth-order valence-electron chi connectivity index (χ4n) is 1.59. The van der Waals surface area contributed by atoms with Crippen molar-refractivity contribution in [1.82, 2.24) is 19.9 Å². The Morgan fingerprint density at radius 3 is 2.59 bits per heavy atom. The summed E-state index contributed by atoms with van der Waals surface area (Å²) in [5.41, 5.74) is 0.680. The number of hydrogen-bond acceptors (Lipinski definition) is 7. The second-order valence-electron chi connectivity index (χ2n) is 4.58. The highest BCUT2D eigenvalue weighted by atomic mass is 35.5. The van der Waals surface area contributed by atoms with E-state index in [1.807, 2.05) is 0 Å². The number of hydrogen-bond donors (Lipinski definition) is 2. The normalized spacial score (nSPS) is 13.2. The monoisotopic (exact) mass is 336 g/mol. The van der Waals surface area contributed by atoms with E-state index in [4.69, 9.17) is 16.7 Å². The first kappa shape index (κ1) is 16.4. The van der Waals surface area contributed by atoms with E-state index in [9.17, 15) is 13.2 Å². The van der Waals surface area contributed by atoms with Crippen molar-refractivity contribution in [3.8, 4) is 0 Å². The highest BCUT2D eigenvalue weighted by molar-refractivity contribution is 6.28. The maximum atomic E-state index is 12.2. The van der Waals surface area contributed by atoms with Crippen molar-refractivity contribution in [3.63, 3.8) is 0 Å². The number of alkyl halides is 3. The average molecular weight is 337 g/mol. The zero-order valence-electron chi connectivity index (χ0n) is 11.6. The third kappa shape index (κ3) is 3.63. The number of nitrogens with zero attached hydrogens (tertiary/aromatic N) is 5. The van der Waals surface area contributed by atoms with Gasteiger partial charge >= 0.3 is 6.18 Å². The lowest BCUT2D eigenvalue weighted by molar-refractivity contribution is -0.198. The van der Waals surface area contributed by atoms with Gasteiger partial charge in [-0.15, -0.1) is 0 Å². The van der Waals surface area contributed by atoms with Crippen LogP contribution in [0.25, 0.3) is 11.0 Å². The summed E-state index contributed by atoms with van der Waals surface area (Å²) in [5, 5.41) is 11.3. The van der Waals surface area contributed by atoms with Crippen LogP contribution in [0.3, 0.4) is 0 Å². The van der Waals surface area contributed by atoms with Crippen molar-refractivity contribution in [1.29, 1.82) is 0 Å². The first-order valence-corrected chi connectivity index (χ1v) is 6.42. The Balaban J connectivity index is 2.30. The average Bonchev–Trinajstić information content (AvgIpc) is 2.42. The molecule has 0 fully saturated rings. The minimum atomic E-state index is -4.71. The predicted octanol–water partition coefficient (Wildman–Crippen LogP) is 1.47. The summed E-state index contributed by atoms with van der Waals surface area (Å²) in [6, 6.07) is 0. The highest BCUT2D eigenvalue weighted by Crippen LogP contribution is 2.23. The van der Waals surface area contributed by atoms with Crippen molar-refractivity contribution in [2.45, 2.75) is 12.3 Å². The predicted molar refractivity (Wildman–Crippen MR) is 75.0 cm³/mol. The third-order valence-corrected chi connectivity index (χ3v) is 2.82. The van der Waals surface area contributed by atoms with Crippen LogP contribution in [0.5, 0.6) is 0 Å². The van der Waals surface area contributed by atoms with Gasteiger partial charge < -0.3 is 15.3 Å². The lowest BCUT2D eigenvalue weighted by Crippen LogP contribution is -2.35. The van der Waals surface area contributed by atoms with Gasteiger partial charge in [-0.1, -0.05) is 0 Å². The molecular formula is C11H12ClF3N6O. The lowest BCUT2D eigenvalue weighted by Gasteiger charge is -2.16. The zero-order chi connectivity index (χ0) is 16.5. The summed E-state index contributed by atoms with van der Waals surface area (Å²) >= 11 is 5.78. The maximum absolute atomic E-state index is 12.2. The van der Waals surface area contributed by atoms with E-state index in [1.165, 1.54) is 6.20 Å². The number of aliphatic hydroxyl groups is 1. The molecule has 0 aliphatic heterocycles. The van der Waals surface area contributed by atoms with E-state index >= 15 is 0 Å². The van der Waals surface area contributed by atoms with Crippen LogP contribution in [-0.2, 0) is 0 Å². The van der Waals surface area contributed by atoms with Crippen LogP contribution < -0.4 is 10.2 Å². The number of aromatic nitrogens is 4. The summed E-state index contributed by atoms with van der Waals surface area (Å²) in [4.78, 5) is 17.5. The molecule has 11 heteroatoms. The van der Waals surface area contributed by atoms with Crippen LogP contribution in [0.2, 0.25) is 5.28 Å². The van der Waals surface area contributed by atoms with E-state index in [2.05, 4.69) is 25.3 Å². The number of anilines is 2. The highest BCUT2D eigenvalue weighted by Gasteiger charge is 2.38. The maximum Gasteiger partial charge on any atom is 0.416 e. The SMILES string of the molecule is CN(C)c1nc(Cl)nc2cnc(NCC(O)C(F)(F)F)nc12. The summed E-state index contributed by atoms with van der Waals surface area (Å²) in [6.07, 6.45) is -5.91. The van der Waals surface area contributed by atoms with Gasteiger partial charge in [0.15, 0.2) is 11.9 Å². The number of nitrogens with one attached hydrogen (secondary N) is 1. The molecule has 2 N–H and O–H groups in total. The van der Waals surface area contributed by atoms with Gasteiger partial charge in [0, 0.05) is 14.1 Å². The summed E-state index contributed by atoms with van der Waals surface area (Å²) < 4.78 is 36.7. The molecule has 0 spiro atoms. The molecule has 0 amide bonds. The minimum Gasteiger partial charge on any atom is -0.382 e. The van der Waals surface area contributed by atoms with Crippen molar-refractivity contribution in [2.24, 2.45) is 0 Å². The molecule has 0 aromatic carbocycles. The molecule has 22 heavy (non-hydrogen) atoms. The van der Waals surface area contributed by atoms with Gasteiger partial charge in [-0.25, -0.2) is 15.0 Å². The summed E-state index contributed by atoms with van der Waals surface area (Å²) in [7, 11) is 3.42. The zero-order valence-corrected chi connectivity index (χ0v) is 12.3. The van der Waals surface area contributed by atoms with Crippen molar-refractivity contribution in [3.05, 3.63) is 11.5 Å². The Kier molecular flexibility index (Phi) is 4.52. The standard InChI is InChI=1S/C11H12ClF3N6O/c1-21(2)8-7-5(18-9(12)20-8)3-16-10(19-7)17-4-6(22)11(13,14)15/h3,6,22H,4H2,1-2H3,(H,16,17,19). The van der Waals surface area contributed by atoms with Crippen molar-refractivity contribution in [2.75, 3.05) is 30.9 Å². The molecule has 0 radical (unpaired) electrons. The van der Waals surface area contributed by atoms with E-state index in [1.54, 1.807) is 19.0 Å². The van der Waals surface area contributed by atoms with Gasteiger partial charge in [-0.05, 0) is 11.6 Å². The summed E-state index contributed by atoms with van der Waals surface area (Å²) in [5.74, 6) is 0.321. The number of aliphatic hydroxyl groups excluding tert-OH is 1. The molecule has 120 valence electrons. The molecule has 2 aromatic heterocycles. The Hall–Kier alpha value is -1.94. The second kappa shape index (κ2) is 6.05. The fourth-order valence-corrected chi connectivity index (χ4v) is 1.76. The van der Waals surface area contributed by atoms with E-state index in [0.29, 0.717) is 16.9 Å². The molecule has 1 atom stereocenters. The molecule has 2 aromatic rings. The lowest BCUT2D eigenvalue weighted by atomic mass is 10.3. The molecule has 2 rings (SSSR count). The number of rotatable bonds is 4. The molecule has 7 nitrogen and oxygen atoms in total. The smallest absolute Gasteiger partial charge is 0.382 e. The minimum absolute atomic E-state index is 0.00741. The molecule has 0 aliphatic rings. The van der Waals surface area contributed by atoms with Crippen molar-refractivity contribution < 1.29 is 18.3 Å². The van der Waals surface area contributed by atoms with Gasteiger partial charge in [-0.2, -0.15) is 18.2 Å². The fraction of sp³-hybridized carbons (Fsp3) is 0.455.